The van der Waals surface area contributed by atoms with Gasteiger partial charge in [-0.05, 0) is 164 Å². The predicted octanol–water partition coefficient (Wildman–Crippen LogP) is 15.2. The SMILES string of the molecule is Cc1nc(C)nc(-c2ccc3c(c2)c2cc(-c4nc(C)nc(C)n4)ccc2n3-c2cccc(-c3cc(-c4cc(-c5ccccc5)nc(-c5ccccc5)n4)ccc3-n3c4ccc(-c5nc(C)nc(C)n5)cc4c4cc(-c5nc(C)nc(C)n5)ccc43)c2)n1. The number of nitrogens with zero attached hydrogens (tertiary/aromatic N) is 16. The van der Waals surface area contributed by atoms with E-state index in [1.54, 1.807) is 0 Å². The fourth-order valence-electron chi connectivity index (χ4n) is 12.1. The molecule has 0 spiro atoms. The van der Waals surface area contributed by atoms with Crippen LogP contribution in [0.2, 0.25) is 0 Å². The normalized spacial score (nSPS) is 11.6. The largest absolute Gasteiger partial charge is 0.309 e. The molecule has 88 heavy (non-hydrogen) atoms. The van der Waals surface area contributed by atoms with Crippen molar-refractivity contribution in [1.82, 2.24) is 78.9 Å². The van der Waals surface area contributed by atoms with Crippen molar-refractivity contribution in [3.8, 4) is 102 Å². The second-order valence-corrected chi connectivity index (χ2v) is 22.1. The van der Waals surface area contributed by atoms with Gasteiger partial charge in [-0.15, -0.1) is 0 Å². The Morgan fingerprint density at radius 3 is 0.977 bits per heavy atom. The second kappa shape index (κ2) is 21.2. The van der Waals surface area contributed by atoms with Gasteiger partial charge in [0.2, 0.25) is 0 Å². The smallest absolute Gasteiger partial charge is 0.163 e. The molecule has 0 N–H and O–H groups in total. The average Bonchev–Trinajstić information content (AvgIpc) is 1.61. The molecule has 0 saturated heterocycles. The first-order valence-corrected chi connectivity index (χ1v) is 29.0. The molecule has 0 atom stereocenters. The van der Waals surface area contributed by atoms with Gasteiger partial charge in [0.25, 0.3) is 0 Å². The summed E-state index contributed by atoms with van der Waals surface area (Å²) in [5.74, 6) is 8.31. The summed E-state index contributed by atoms with van der Waals surface area (Å²) in [6.45, 7) is 15.2. The van der Waals surface area contributed by atoms with Gasteiger partial charge in [0, 0.05) is 71.7 Å². The summed E-state index contributed by atoms with van der Waals surface area (Å²) in [6, 6.07) is 63.8. The van der Waals surface area contributed by atoms with Gasteiger partial charge in [-0.1, -0.05) is 78.9 Å². The van der Waals surface area contributed by atoms with E-state index in [1.807, 2.05) is 91.8 Å². The van der Waals surface area contributed by atoms with Gasteiger partial charge in [0.05, 0.1) is 39.1 Å². The highest BCUT2D eigenvalue weighted by Gasteiger charge is 2.23. The van der Waals surface area contributed by atoms with Gasteiger partial charge in [-0.25, -0.2) is 69.8 Å². The highest BCUT2D eigenvalue weighted by atomic mass is 15.1. The molecule has 15 rings (SSSR count). The molecule has 0 aliphatic rings. The average molecular weight is 1140 g/mol. The number of hydrogen-bond acceptors (Lipinski definition) is 14. The maximum atomic E-state index is 5.35. The Labute approximate surface area is 506 Å². The number of benzene rings is 8. The molecule has 7 heterocycles. The lowest BCUT2D eigenvalue weighted by molar-refractivity contribution is 0.928. The molecule has 0 aliphatic carbocycles. The summed E-state index contributed by atoms with van der Waals surface area (Å²) < 4.78 is 4.70. The molecule has 422 valence electrons. The van der Waals surface area contributed by atoms with E-state index in [2.05, 4.69) is 175 Å². The summed E-state index contributed by atoms with van der Waals surface area (Å²) in [7, 11) is 0. The zero-order chi connectivity index (χ0) is 59.9. The summed E-state index contributed by atoms with van der Waals surface area (Å²) in [5, 5.41) is 4.03. The van der Waals surface area contributed by atoms with Crippen LogP contribution in [0.25, 0.3) is 146 Å². The van der Waals surface area contributed by atoms with E-state index in [0.717, 1.165) is 116 Å². The molecule has 0 bridgehead atoms. The van der Waals surface area contributed by atoms with Gasteiger partial charge >= 0.3 is 0 Å². The van der Waals surface area contributed by atoms with Crippen molar-refractivity contribution in [2.75, 3.05) is 0 Å². The summed E-state index contributed by atoms with van der Waals surface area (Å²) >= 11 is 0. The fourth-order valence-corrected chi connectivity index (χ4v) is 12.1. The highest BCUT2D eigenvalue weighted by Crippen LogP contribution is 2.43. The zero-order valence-corrected chi connectivity index (χ0v) is 49.5. The van der Waals surface area contributed by atoms with E-state index in [1.165, 1.54) is 0 Å². The maximum absolute atomic E-state index is 5.35. The van der Waals surface area contributed by atoms with Crippen molar-refractivity contribution >= 4 is 43.6 Å². The van der Waals surface area contributed by atoms with Gasteiger partial charge in [0.1, 0.15) is 46.6 Å². The Morgan fingerprint density at radius 2 is 0.568 bits per heavy atom. The first-order chi connectivity index (χ1) is 42.8. The fraction of sp³-hybridized carbons (Fsp3) is 0.111. The van der Waals surface area contributed by atoms with Crippen molar-refractivity contribution in [2.45, 2.75) is 55.4 Å². The summed E-state index contributed by atoms with van der Waals surface area (Å²) in [5.41, 5.74) is 15.7. The molecule has 15 aromatic rings. The van der Waals surface area contributed by atoms with Crippen molar-refractivity contribution in [3.63, 3.8) is 0 Å². The minimum Gasteiger partial charge on any atom is -0.309 e. The number of hydrogen-bond donors (Lipinski definition) is 0. The summed E-state index contributed by atoms with van der Waals surface area (Å²) in [6.07, 6.45) is 0. The first kappa shape index (κ1) is 53.2. The quantitative estimate of drug-likeness (QED) is 0.126. The Kier molecular flexibility index (Phi) is 12.8. The predicted molar refractivity (Wildman–Crippen MR) is 346 cm³/mol. The molecular formula is C72H54N16. The number of rotatable bonds is 10. The molecule has 7 aromatic heterocycles. The lowest BCUT2D eigenvalue weighted by atomic mass is 9.97. The van der Waals surface area contributed by atoms with Crippen LogP contribution in [0.1, 0.15) is 46.6 Å². The molecular weight excluding hydrogens is 1090 g/mol. The Hall–Kier alpha value is -11.5. The van der Waals surface area contributed by atoms with Gasteiger partial charge < -0.3 is 9.13 Å². The minimum absolute atomic E-state index is 0.605. The van der Waals surface area contributed by atoms with Crippen LogP contribution in [0.15, 0.2) is 182 Å². The van der Waals surface area contributed by atoms with Crippen molar-refractivity contribution in [2.24, 2.45) is 0 Å². The first-order valence-electron chi connectivity index (χ1n) is 29.0. The molecule has 16 nitrogen and oxygen atoms in total. The third-order valence-electron chi connectivity index (χ3n) is 15.8. The molecule has 0 unspecified atom stereocenters. The lowest BCUT2D eigenvalue weighted by Gasteiger charge is -2.18. The highest BCUT2D eigenvalue weighted by molar-refractivity contribution is 6.13. The lowest BCUT2D eigenvalue weighted by Crippen LogP contribution is -2.01. The van der Waals surface area contributed by atoms with E-state index in [0.29, 0.717) is 75.7 Å². The molecule has 0 fully saturated rings. The van der Waals surface area contributed by atoms with Crippen LogP contribution >= 0.6 is 0 Å². The van der Waals surface area contributed by atoms with Crippen LogP contribution in [-0.2, 0) is 0 Å². The van der Waals surface area contributed by atoms with Crippen LogP contribution in [0, 0.1) is 55.4 Å². The van der Waals surface area contributed by atoms with E-state index >= 15 is 0 Å². The van der Waals surface area contributed by atoms with Crippen molar-refractivity contribution in [1.29, 1.82) is 0 Å². The van der Waals surface area contributed by atoms with E-state index in [-0.39, 0.29) is 0 Å². The third-order valence-corrected chi connectivity index (χ3v) is 15.8. The summed E-state index contributed by atoms with van der Waals surface area (Å²) in [4.78, 5) is 66.9. The Balaban J connectivity index is 0.987. The van der Waals surface area contributed by atoms with Crippen LogP contribution < -0.4 is 0 Å². The van der Waals surface area contributed by atoms with Gasteiger partial charge in [-0.2, -0.15) is 0 Å². The molecule has 16 heteroatoms. The van der Waals surface area contributed by atoms with Crippen LogP contribution in [0.3, 0.4) is 0 Å². The van der Waals surface area contributed by atoms with Crippen LogP contribution in [-0.4, -0.2) is 78.9 Å². The molecule has 0 radical (unpaired) electrons. The number of aryl methyl sites for hydroxylation is 8. The zero-order valence-electron chi connectivity index (χ0n) is 49.5. The molecule has 0 amide bonds. The standard InChI is InChI=1S/C72H54N16/c1-39-73-40(2)78-69(77-39)51-23-28-64-57(34-51)58-35-52(70-79-41(3)74-42(4)80-70)24-29-65(58)87(64)55-21-15-20-49(32-55)56-33-50(62-38-61(47-16-11-9-12-17-47)85-68(86-62)48-18-13-10-14-19-48)22-27-63(56)88-66-30-25-53(71-81-43(5)75-44(6)82-71)36-59(66)60-37-54(26-31-67(60)88)72-83-45(7)76-46(8)84-72/h9-38H,1-8H3. The number of aromatic nitrogens is 16. The van der Waals surface area contributed by atoms with Gasteiger partial charge in [-0.3, -0.25) is 0 Å². The number of fused-ring (bicyclic) bond motifs is 6. The van der Waals surface area contributed by atoms with E-state index in [9.17, 15) is 0 Å². The molecule has 8 aromatic carbocycles. The topological polar surface area (TPSA) is 190 Å². The van der Waals surface area contributed by atoms with E-state index < -0.39 is 0 Å². The minimum atomic E-state index is 0.605. The van der Waals surface area contributed by atoms with Crippen molar-refractivity contribution < 1.29 is 0 Å². The van der Waals surface area contributed by atoms with Gasteiger partial charge in [0.15, 0.2) is 29.1 Å². The van der Waals surface area contributed by atoms with Crippen LogP contribution in [0.5, 0.6) is 0 Å². The monoisotopic (exact) mass is 1140 g/mol. The molecule has 0 saturated carbocycles. The molecule has 0 aliphatic heterocycles. The van der Waals surface area contributed by atoms with Crippen LogP contribution in [0.4, 0.5) is 0 Å². The van der Waals surface area contributed by atoms with Crippen molar-refractivity contribution in [3.05, 3.63) is 229 Å². The second-order valence-electron chi connectivity index (χ2n) is 22.1. The Bertz CT molecular complexity index is 4970. The Morgan fingerprint density at radius 1 is 0.227 bits per heavy atom. The van der Waals surface area contributed by atoms with E-state index in [4.69, 9.17) is 49.8 Å². The third kappa shape index (κ3) is 9.71. The maximum Gasteiger partial charge on any atom is 0.163 e.